The van der Waals surface area contributed by atoms with Crippen LogP contribution in [0.1, 0.15) is 37.2 Å². The van der Waals surface area contributed by atoms with Crippen LogP contribution in [0.2, 0.25) is 0 Å². The molecule has 40 heavy (non-hydrogen) atoms. The normalized spacial score (nSPS) is 18.1. The number of benzene rings is 1. The van der Waals surface area contributed by atoms with Gasteiger partial charge in [-0.1, -0.05) is 30.3 Å². The van der Waals surface area contributed by atoms with Crippen molar-refractivity contribution in [2.75, 3.05) is 18.8 Å². The van der Waals surface area contributed by atoms with Crippen molar-refractivity contribution < 1.29 is 15.0 Å². The Labute approximate surface area is 230 Å². The quantitative estimate of drug-likeness (QED) is 0.218. The third kappa shape index (κ3) is 4.75. The first kappa shape index (κ1) is 25.8. The molecule has 1 fully saturated rings. The number of H-pyrrole nitrogens is 1. The Morgan fingerprint density at radius 3 is 2.77 bits per heavy atom. The Balaban J connectivity index is 1.36. The number of fused-ring (bicyclic) bond motifs is 1. The number of aldehydes is 1. The van der Waals surface area contributed by atoms with Crippen LogP contribution in [-0.4, -0.2) is 70.3 Å². The molecule has 0 aliphatic carbocycles. The van der Waals surface area contributed by atoms with Crippen molar-refractivity contribution >= 4 is 23.3 Å². The molecular formula is C29H30N8O3. The fraction of sp³-hybridized carbons (Fsp3) is 0.276. The number of nitrogen functional groups attached to an aromatic ring is 1. The summed E-state index contributed by atoms with van der Waals surface area (Å²) in [7, 11) is 0. The van der Waals surface area contributed by atoms with Crippen molar-refractivity contribution in [3.8, 4) is 22.4 Å². The van der Waals surface area contributed by atoms with E-state index in [0.717, 1.165) is 28.4 Å². The number of β-amino-alcohol motifs (C(OH)–C–C–N with tert-alkyl or cyclic N) is 1. The molecule has 1 aliphatic heterocycles. The van der Waals surface area contributed by atoms with Crippen molar-refractivity contribution in [1.82, 2.24) is 34.6 Å². The largest absolute Gasteiger partial charge is 0.392 e. The first-order chi connectivity index (χ1) is 19.3. The van der Waals surface area contributed by atoms with Gasteiger partial charge in [0.25, 0.3) is 0 Å². The molecule has 5 N–H and O–H groups in total. The monoisotopic (exact) mass is 538 g/mol. The molecule has 3 atom stereocenters. The van der Waals surface area contributed by atoms with Crippen LogP contribution in [0.4, 0.5) is 5.95 Å². The molecular weight excluding hydrogens is 508 g/mol. The van der Waals surface area contributed by atoms with Gasteiger partial charge in [0.1, 0.15) is 23.7 Å². The summed E-state index contributed by atoms with van der Waals surface area (Å²) >= 11 is 0. The number of likely N-dealkylation sites (tertiary alicyclic amines) is 1. The number of aromatic nitrogens is 6. The second-order valence-electron chi connectivity index (χ2n) is 10.3. The summed E-state index contributed by atoms with van der Waals surface area (Å²) in [6.45, 7) is 2.90. The highest BCUT2D eigenvalue weighted by molar-refractivity contribution is 5.95. The number of rotatable bonds is 8. The number of carbonyl (C=O) groups excluding carboxylic acids is 1. The van der Waals surface area contributed by atoms with Crippen LogP contribution < -0.4 is 5.73 Å². The molecule has 0 amide bonds. The van der Waals surface area contributed by atoms with Crippen LogP contribution in [0, 0.1) is 0 Å². The summed E-state index contributed by atoms with van der Waals surface area (Å²) in [6.07, 6.45) is 8.40. The van der Waals surface area contributed by atoms with E-state index in [4.69, 9.17) is 5.73 Å². The molecule has 11 heteroatoms. The number of pyridine rings is 1. The van der Waals surface area contributed by atoms with Crippen LogP contribution >= 0.6 is 0 Å². The van der Waals surface area contributed by atoms with Crippen molar-refractivity contribution in [1.29, 1.82) is 0 Å². The third-order valence-corrected chi connectivity index (χ3v) is 7.55. The molecule has 1 aliphatic rings. The Morgan fingerprint density at radius 1 is 1.20 bits per heavy atom. The van der Waals surface area contributed by atoms with Gasteiger partial charge >= 0.3 is 0 Å². The van der Waals surface area contributed by atoms with Gasteiger partial charge in [-0.25, -0.2) is 15.0 Å². The van der Waals surface area contributed by atoms with Crippen LogP contribution in [0.3, 0.4) is 0 Å². The lowest BCUT2D eigenvalue weighted by Gasteiger charge is -2.26. The van der Waals surface area contributed by atoms with E-state index in [1.54, 1.807) is 30.1 Å². The van der Waals surface area contributed by atoms with Crippen molar-refractivity contribution in [2.45, 2.75) is 37.6 Å². The van der Waals surface area contributed by atoms with Crippen molar-refractivity contribution in [3.63, 3.8) is 0 Å². The summed E-state index contributed by atoms with van der Waals surface area (Å²) in [5.74, 6) is 0.0525. The van der Waals surface area contributed by atoms with E-state index in [2.05, 4.69) is 29.9 Å². The average Bonchev–Trinajstić information content (AvgIpc) is 3.71. The van der Waals surface area contributed by atoms with Crippen LogP contribution in [-0.2, 0) is 10.4 Å². The molecule has 5 heterocycles. The number of anilines is 1. The first-order valence-electron chi connectivity index (χ1n) is 13.1. The molecule has 4 aromatic heterocycles. The van der Waals surface area contributed by atoms with Gasteiger partial charge in [0, 0.05) is 60.2 Å². The highest BCUT2D eigenvalue weighted by Gasteiger charge is 2.30. The van der Waals surface area contributed by atoms with E-state index >= 15 is 0 Å². The summed E-state index contributed by atoms with van der Waals surface area (Å²) in [4.78, 5) is 30.1. The number of nitrogens with zero attached hydrogens (tertiary/aromatic N) is 6. The Hall–Kier alpha value is -4.45. The Morgan fingerprint density at radius 2 is 2.02 bits per heavy atom. The SMILES string of the molecule is CC(O)(c1ccccc1)c1cc(-c2c[nH]c3ncc(-c4cnn(C(CC=O)N5CCC(O)C5)c4)cc23)nc(N)n1. The van der Waals surface area contributed by atoms with Crippen LogP contribution in [0.5, 0.6) is 0 Å². The van der Waals surface area contributed by atoms with E-state index < -0.39 is 11.7 Å². The summed E-state index contributed by atoms with van der Waals surface area (Å²) in [5, 5.41) is 26.7. The number of hydrogen-bond acceptors (Lipinski definition) is 9. The van der Waals surface area contributed by atoms with Gasteiger partial charge in [0.15, 0.2) is 0 Å². The van der Waals surface area contributed by atoms with Crippen LogP contribution in [0.25, 0.3) is 33.4 Å². The minimum Gasteiger partial charge on any atom is -0.392 e. The number of carbonyl (C=O) groups is 1. The number of nitrogens with two attached hydrogens (primary N) is 1. The van der Waals surface area contributed by atoms with Gasteiger partial charge < -0.3 is 25.7 Å². The molecule has 0 saturated carbocycles. The predicted molar refractivity (Wildman–Crippen MR) is 150 cm³/mol. The zero-order valence-electron chi connectivity index (χ0n) is 22.0. The number of aromatic amines is 1. The lowest BCUT2D eigenvalue weighted by atomic mass is 9.91. The smallest absolute Gasteiger partial charge is 0.220 e. The van der Waals surface area contributed by atoms with Gasteiger partial charge in [-0.15, -0.1) is 0 Å². The number of aliphatic hydroxyl groups excluding tert-OH is 1. The topological polar surface area (TPSA) is 159 Å². The van der Waals surface area contributed by atoms with E-state index in [-0.39, 0.29) is 18.5 Å². The van der Waals surface area contributed by atoms with E-state index in [1.807, 2.05) is 48.8 Å². The molecule has 1 aromatic carbocycles. The van der Waals surface area contributed by atoms with E-state index in [0.29, 0.717) is 42.1 Å². The van der Waals surface area contributed by atoms with Crippen LogP contribution in [0.15, 0.2) is 67.3 Å². The highest BCUT2D eigenvalue weighted by atomic mass is 16.3. The Kier molecular flexibility index (Phi) is 6.62. The number of aliphatic hydroxyl groups is 2. The fourth-order valence-electron chi connectivity index (χ4n) is 5.34. The average molecular weight is 539 g/mol. The van der Waals surface area contributed by atoms with Gasteiger partial charge in [0.2, 0.25) is 5.95 Å². The third-order valence-electron chi connectivity index (χ3n) is 7.55. The highest BCUT2D eigenvalue weighted by Crippen LogP contribution is 2.34. The van der Waals surface area contributed by atoms with E-state index in [9.17, 15) is 15.0 Å². The second kappa shape index (κ2) is 10.3. The van der Waals surface area contributed by atoms with Gasteiger partial charge in [-0.3, -0.25) is 9.58 Å². The van der Waals surface area contributed by atoms with Crippen molar-refractivity contribution in [3.05, 3.63) is 78.5 Å². The molecule has 11 nitrogen and oxygen atoms in total. The summed E-state index contributed by atoms with van der Waals surface area (Å²) in [5.41, 5.74) is 9.47. The molecule has 0 radical (unpaired) electrons. The molecule has 3 unspecified atom stereocenters. The van der Waals surface area contributed by atoms with Crippen molar-refractivity contribution in [2.24, 2.45) is 0 Å². The zero-order chi connectivity index (χ0) is 27.9. The molecule has 0 spiro atoms. The lowest BCUT2D eigenvalue weighted by Crippen LogP contribution is -2.32. The molecule has 5 aromatic rings. The fourth-order valence-corrected chi connectivity index (χ4v) is 5.34. The minimum atomic E-state index is -1.37. The first-order valence-corrected chi connectivity index (χ1v) is 13.1. The van der Waals surface area contributed by atoms with Gasteiger partial charge in [-0.2, -0.15) is 5.10 Å². The maximum Gasteiger partial charge on any atom is 0.220 e. The molecule has 6 rings (SSSR count). The summed E-state index contributed by atoms with van der Waals surface area (Å²) in [6, 6.07) is 13.0. The van der Waals surface area contributed by atoms with E-state index in [1.165, 1.54) is 0 Å². The maximum atomic E-state index is 11.4. The predicted octanol–water partition coefficient (Wildman–Crippen LogP) is 2.88. The maximum absolute atomic E-state index is 11.4. The molecule has 1 saturated heterocycles. The molecule has 0 bridgehead atoms. The lowest BCUT2D eigenvalue weighted by molar-refractivity contribution is -0.109. The number of nitrogens with one attached hydrogen (secondary N) is 1. The second-order valence-corrected chi connectivity index (χ2v) is 10.3. The number of hydrogen-bond donors (Lipinski definition) is 4. The standard InChI is InChI=1S/C29H30N8O3/c1-29(40,20-5-3-2-4-6-20)25-12-24(34-28(30)35-25)23-15-32-27-22(23)11-18(13-31-27)19-14-33-37(16-19)26(8-10-38)36-9-7-21(39)17-36/h2-6,10-16,21,26,39-40H,7-9,17H2,1H3,(H,31,32)(H2,30,34,35). The molecule has 204 valence electrons. The van der Waals surface area contributed by atoms with Gasteiger partial charge in [0.05, 0.1) is 23.7 Å². The zero-order valence-corrected chi connectivity index (χ0v) is 22.0. The summed E-state index contributed by atoms with van der Waals surface area (Å²) < 4.78 is 1.77. The minimum absolute atomic E-state index is 0.0525. The van der Waals surface area contributed by atoms with Gasteiger partial charge in [-0.05, 0) is 31.0 Å². The Bertz CT molecular complexity index is 1660.